The average molecular weight is 328 g/mol. The minimum absolute atomic E-state index is 0.0359. The molecule has 7 nitrogen and oxygen atoms in total. The molecule has 1 fully saturated rings. The van der Waals surface area contributed by atoms with Crippen LogP contribution in [0.3, 0.4) is 0 Å². The first-order chi connectivity index (χ1) is 11.6. The third-order valence-electron chi connectivity index (χ3n) is 4.71. The largest absolute Gasteiger partial charge is 0.356 e. The van der Waals surface area contributed by atoms with Crippen molar-refractivity contribution >= 4 is 5.82 Å². The first-order valence-corrected chi connectivity index (χ1v) is 8.38. The highest BCUT2D eigenvalue weighted by Crippen LogP contribution is 2.20. The van der Waals surface area contributed by atoms with Gasteiger partial charge in [-0.2, -0.15) is 0 Å². The molecule has 0 saturated carbocycles. The summed E-state index contributed by atoms with van der Waals surface area (Å²) in [6.45, 7) is 5.68. The standard InChI is InChI=1S/C17H24N6O/c1-14-11-16(20-13-19-14)21(2)15-3-6-22(7-4-15)9-10-23-8-5-18-12-17(23)24/h5,8,11-13,15H,3-4,6-7,9-10H2,1-2H3. The van der Waals surface area contributed by atoms with Crippen molar-refractivity contribution in [2.45, 2.75) is 32.4 Å². The number of rotatable bonds is 5. The van der Waals surface area contributed by atoms with Gasteiger partial charge in [0.15, 0.2) is 0 Å². The SMILES string of the molecule is Cc1cc(N(C)C2CCN(CCn3ccncc3=O)CC2)ncn1. The fraction of sp³-hybridized carbons (Fsp3) is 0.529. The van der Waals surface area contributed by atoms with Gasteiger partial charge in [0.1, 0.15) is 12.1 Å². The van der Waals surface area contributed by atoms with E-state index in [9.17, 15) is 4.79 Å². The molecule has 2 aromatic rings. The number of likely N-dealkylation sites (tertiary alicyclic amines) is 1. The van der Waals surface area contributed by atoms with Crippen LogP contribution in [0.4, 0.5) is 5.82 Å². The number of piperidine rings is 1. The normalized spacial score (nSPS) is 16.2. The van der Waals surface area contributed by atoms with E-state index in [-0.39, 0.29) is 5.56 Å². The molecule has 7 heteroatoms. The van der Waals surface area contributed by atoms with Crippen molar-refractivity contribution in [2.24, 2.45) is 0 Å². The van der Waals surface area contributed by atoms with E-state index in [1.807, 2.05) is 13.0 Å². The van der Waals surface area contributed by atoms with Crippen LogP contribution in [0.2, 0.25) is 0 Å². The summed E-state index contributed by atoms with van der Waals surface area (Å²) >= 11 is 0. The molecule has 0 spiro atoms. The van der Waals surface area contributed by atoms with Gasteiger partial charge in [0, 0.05) is 63.4 Å². The van der Waals surface area contributed by atoms with Gasteiger partial charge in [0.2, 0.25) is 0 Å². The molecule has 0 amide bonds. The minimum Gasteiger partial charge on any atom is -0.356 e. The van der Waals surface area contributed by atoms with Gasteiger partial charge in [0.25, 0.3) is 5.56 Å². The molecule has 1 saturated heterocycles. The van der Waals surface area contributed by atoms with Crippen molar-refractivity contribution in [3.63, 3.8) is 0 Å². The Hall–Kier alpha value is -2.28. The van der Waals surface area contributed by atoms with E-state index >= 15 is 0 Å². The molecule has 2 aromatic heterocycles. The molecule has 3 heterocycles. The third-order valence-corrected chi connectivity index (χ3v) is 4.71. The van der Waals surface area contributed by atoms with E-state index in [0.29, 0.717) is 12.6 Å². The Balaban J connectivity index is 1.50. The van der Waals surface area contributed by atoms with Crippen LogP contribution in [-0.2, 0) is 6.54 Å². The molecule has 0 unspecified atom stereocenters. The maximum Gasteiger partial charge on any atom is 0.269 e. The number of hydrogen-bond donors (Lipinski definition) is 0. The number of aryl methyl sites for hydroxylation is 1. The maximum atomic E-state index is 11.7. The quantitative estimate of drug-likeness (QED) is 0.814. The van der Waals surface area contributed by atoms with Gasteiger partial charge in [-0.15, -0.1) is 0 Å². The van der Waals surface area contributed by atoms with Gasteiger partial charge in [0.05, 0.1) is 6.20 Å². The Bertz CT molecular complexity index is 723. The Morgan fingerprint density at radius 2 is 2.04 bits per heavy atom. The molecule has 1 aliphatic rings. The third kappa shape index (κ3) is 3.97. The molecule has 0 radical (unpaired) electrons. The monoisotopic (exact) mass is 328 g/mol. The molecule has 0 aliphatic carbocycles. The summed E-state index contributed by atoms with van der Waals surface area (Å²) in [4.78, 5) is 28.7. The van der Waals surface area contributed by atoms with Crippen molar-refractivity contribution < 1.29 is 0 Å². The molecule has 0 atom stereocenters. The number of aromatic nitrogens is 4. The predicted molar refractivity (Wildman–Crippen MR) is 93.1 cm³/mol. The van der Waals surface area contributed by atoms with Crippen LogP contribution in [0, 0.1) is 6.92 Å². The van der Waals surface area contributed by atoms with E-state index in [2.05, 4.69) is 31.8 Å². The molecule has 3 rings (SSSR count). The summed E-state index contributed by atoms with van der Waals surface area (Å²) in [7, 11) is 2.11. The molecule has 0 bridgehead atoms. The van der Waals surface area contributed by atoms with Crippen molar-refractivity contribution in [3.05, 3.63) is 47.0 Å². The molecular formula is C17H24N6O. The van der Waals surface area contributed by atoms with Gasteiger partial charge in [-0.05, 0) is 19.8 Å². The lowest BCUT2D eigenvalue weighted by Crippen LogP contribution is -2.44. The lowest BCUT2D eigenvalue weighted by Gasteiger charge is -2.37. The Morgan fingerprint density at radius 1 is 1.25 bits per heavy atom. The summed E-state index contributed by atoms with van der Waals surface area (Å²) in [6.07, 6.45) is 8.61. The predicted octanol–water partition coefficient (Wildman–Crippen LogP) is 0.943. The lowest BCUT2D eigenvalue weighted by atomic mass is 10.0. The number of anilines is 1. The van der Waals surface area contributed by atoms with E-state index in [1.54, 1.807) is 23.3 Å². The van der Waals surface area contributed by atoms with Gasteiger partial charge in [-0.25, -0.2) is 9.97 Å². The maximum absolute atomic E-state index is 11.7. The number of nitrogens with zero attached hydrogens (tertiary/aromatic N) is 6. The van der Waals surface area contributed by atoms with Crippen LogP contribution in [-0.4, -0.2) is 57.1 Å². The molecule has 24 heavy (non-hydrogen) atoms. The average Bonchev–Trinajstić information content (AvgIpc) is 2.61. The second-order valence-corrected chi connectivity index (χ2v) is 6.31. The highest BCUT2D eigenvalue weighted by atomic mass is 16.1. The molecule has 1 aliphatic heterocycles. The van der Waals surface area contributed by atoms with Crippen LogP contribution in [0.5, 0.6) is 0 Å². The van der Waals surface area contributed by atoms with Gasteiger partial charge < -0.3 is 14.4 Å². The molecule has 0 aromatic carbocycles. The highest BCUT2D eigenvalue weighted by Gasteiger charge is 2.23. The Kier molecular flexibility index (Phi) is 5.20. The molecular weight excluding hydrogens is 304 g/mol. The van der Waals surface area contributed by atoms with Gasteiger partial charge in [-0.1, -0.05) is 0 Å². The minimum atomic E-state index is -0.0359. The summed E-state index contributed by atoms with van der Waals surface area (Å²) in [6, 6.07) is 2.53. The van der Waals surface area contributed by atoms with Crippen molar-refractivity contribution in [2.75, 3.05) is 31.6 Å². The fourth-order valence-corrected chi connectivity index (χ4v) is 3.16. The van der Waals surface area contributed by atoms with Crippen LogP contribution < -0.4 is 10.5 Å². The van der Waals surface area contributed by atoms with Crippen LogP contribution in [0.15, 0.2) is 35.8 Å². The van der Waals surface area contributed by atoms with Gasteiger partial charge >= 0.3 is 0 Å². The van der Waals surface area contributed by atoms with Crippen molar-refractivity contribution in [3.8, 4) is 0 Å². The zero-order valence-electron chi connectivity index (χ0n) is 14.3. The zero-order valence-corrected chi connectivity index (χ0v) is 14.3. The zero-order chi connectivity index (χ0) is 16.9. The van der Waals surface area contributed by atoms with Crippen molar-refractivity contribution in [1.29, 1.82) is 0 Å². The molecule has 0 N–H and O–H groups in total. The molecule has 128 valence electrons. The summed E-state index contributed by atoms with van der Waals surface area (Å²) < 4.78 is 1.72. The number of hydrogen-bond acceptors (Lipinski definition) is 6. The summed E-state index contributed by atoms with van der Waals surface area (Å²) in [5.74, 6) is 0.990. The van der Waals surface area contributed by atoms with E-state index < -0.39 is 0 Å². The fourth-order valence-electron chi connectivity index (χ4n) is 3.16. The summed E-state index contributed by atoms with van der Waals surface area (Å²) in [5, 5.41) is 0. The lowest BCUT2D eigenvalue weighted by molar-refractivity contribution is 0.203. The second kappa shape index (κ2) is 7.53. The van der Waals surface area contributed by atoms with Crippen LogP contribution in [0.25, 0.3) is 0 Å². The second-order valence-electron chi connectivity index (χ2n) is 6.31. The van der Waals surface area contributed by atoms with E-state index in [4.69, 9.17) is 0 Å². The smallest absolute Gasteiger partial charge is 0.269 e. The van der Waals surface area contributed by atoms with Crippen molar-refractivity contribution in [1.82, 2.24) is 24.4 Å². The van der Waals surface area contributed by atoms with Crippen LogP contribution in [0.1, 0.15) is 18.5 Å². The first-order valence-electron chi connectivity index (χ1n) is 8.38. The van der Waals surface area contributed by atoms with Gasteiger partial charge in [-0.3, -0.25) is 9.78 Å². The Morgan fingerprint density at radius 3 is 2.75 bits per heavy atom. The summed E-state index contributed by atoms with van der Waals surface area (Å²) in [5.41, 5.74) is 0.957. The van der Waals surface area contributed by atoms with Crippen LogP contribution >= 0.6 is 0 Å². The first kappa shape index (κ1) is 16.6. The topological polar surface area (TPSA) is 67.2 Å². The van der Waals surface area contributed by atoms with E-state index in [1.165, 1.54) is 6.20 Å². The highest BCUT2D eigenvalue weighted by molar-refractivity contribution is 5.39. The Labute approximate surface area is 142 Å². The van der Waals surface area contributed by atoms with E-state index in [0.717, 1.165) is 44.0 Å².